The molecule has 150 valence electrons. The van der Waals surface area contributed by atoms with E-state index in [1.54, 1.807) is 31.2 Å². The summed E-state index contributed by atoms with van der Waals surface area (Å²) in [5.74, 6) is -0.552. The monoisotopic (exact) mass is 434 g/mol. The molecule has 2 aromatic carbocycles. The first-order chi connectivity index (χ1) is 13.8. The van der Waals surface area contributed by atoms with Crippen molar-refractivity contribution in [3.05, 3.63) is 70.7 Å². The number of carbonyl (C=O) groups is 1. The molecule has 0 spiro atoms. The highest BCUT2D eigenvalue weighted by molar-refractivity contribution is 7.92. The quantitative estimate of drug-likeness (QED) is 0.584. The maximum atomic E-state index is 13.1. The Kier molecular flexibility index (Phi) is 4.92. The Morgan fingerprint density at radius 1 is 1.17 bits per heavy atom. The van der Waals surface area contributed by atoms with E-state index in [1.807, 2.05) is 0 Å². The number of sulfone groups is 1. The SMILES string of the molecule is Cc1onc(-c2ccccc2Cl)c1C(=O)N1CC(S(=O)(=O)c2ccc(F)cc2)C1. The van der Waals surface area contributed by atoms with Crippen molar-refractivity contribution in [2.45, 2.75) is 17.1 Å². The van der Waals surface area contributed by atoms with Gasteiger partial charge in [0.05, 0.1) is 9.92 Å². The summed E-state index contributed by atoms with van der Waals surface area (Å²) in [6.45, 7) is 1.68. The lowest BCUT2D eigenvalue weighted by Gasteiger charge is -2.38. The highest BCUT2D eigenvalue weighted by atomic mass is 35.5. The number of likely N-dealkylation sites (tertiary alicyclic amines) is 1. The first-order valence-electron chi connectivity index (χ1n) is 8.79. The number of aromatic nitrogens is 1. The van der Waals surface area contributed by atoms with Crippen molar-refractivity contribution < 1.29 is 22.1 Å². The molecule has 0 unspecified atom stereocenters. The minimum absolute atomic E-state index is 0.0329. The van der Waals surface area contributed by atoms with Gasteiger partial charge in [0.2, 0.25) is 0 Å². The van der Waals surface area contributed by atoms with Crippen LogP contribution in [0, 0.1) is 12.7 Å². The molecule has 0 aliphatic carbocycles. The van der Waals surface area contributed by atoms with Crippen LogP contribution >= 0.6 is 11.6 Å². The van der Waals surface area contributed by atoms with E-state index in [0.717, 1.165) is 12.1 Å². The van der Waals surface area contributed by atoms with Crippen molar-refractivity contribution >= 4 is 27.3 Å². The van der Waals surface area contributed by atoms with Crippen LogP contribution in [0.3, 0.4) is 0 Å². The molecule has 2 heterocycles. The predicted molar refractivity (Wildman–Crippen MR) is 105 cm³/mol. The van der Waals surface area contributed by atoms with Gasteiger partial charge in [-0.3, -0.25) is 4.79 Å². The molecule has 1 amide bonds. The molecule has 0 bridgehead atoms. The third-order valence-corrected chi connectivity index (χ3v) is 7.36. The molecule has 0 radical (unpaired) electrons. The molecule has 0 saturated carbocycles. The van der Waals surface area contributed by atoms with E-state index in [-0.39, 0.29) is 29.5 Å². The van der Waals surface area contributed by atoms with Gasteiger partial charge in [-0.2, -0.15) is 0 Å². The maximum absolute atomic E-state index is 13.1. The summed E-state index contributed by atoms with van der Waals surface area (Å²) in [6.07, 6.45) is 0. The van der Waals surface area contributed by atoms with Gasteiger partial charge in [0.25, 0.3) is 5.91 Å². The van der Waals surface area contributed by atoms with Crippen LogP contribution < -0.4 is 0 Å². The third kappa shape index (κ3) is 3.42. The summed E-state index contributed by atoms with van der Waals surface area (Å²) >= 11 is 6.22. The molecular formula is C20H16ClFN2O4S. The lowest BCUT2D eigenvalue weighted by Crippen LogP contribution is -2.56. The fourth-order valence-corrected chi connectivity index (χ4v) is 5.11. The average Bonchev–Trinajstić information content (AvgIpc) is 3.02. The number of benzene rings is 2. The van der Waals surface area contributed by atoms with E-state index < -0.39 is 20.9 Å². The summed E-state index contributed by atoms with van der Waals surface area (Å²) in [4.78, 5) is 14.5. The summed E-state index contributed by atoms with van der Waals surface area (Å²) in [5.41, 5.74) is 1.14. The van der Waals surface area contributed by atoms with Crippen molar-refractivity contribution in [3.8, 4) is 11.3 Å². The summed E-state index contributed by atoms with van der Waals surface area (Å²) in [6, 6.07) is 11.6. The largest absolute Gasteiger partial charge is 0.360 e. The van der Waals surface area contributed by atoms with Gasteiger partial charge < -0.3 is 9.42 Å². The Balaban J connectivity index is 1.56. The Hall–Kier alpha value is -2.71. The van der Waals surface area contributed by atoms with Crippen LogP contribution in [-0.4, -0.2) is 42.7 Å². The number of hydrogen-bond donors (Lipinski definition) is 0. The number of halogens is 2. The van der Waals surface area contributed by atoms with Gasteiger partial charge in [-0.05, 0) is 37.3 Å². The van der Waals surface area contributed by atoms with Crippen molar-refractivity contribution in [2.75, 3.05) is 13.1 Å². The van der Waals surface area contributed by atoms with Crippen molar-refractivity contribution in [1.29, 1.82) is 0 Å². The summed E-state index contributed by atoms with van der Waals surface area (Å²) in [7, 11) is -3.65. The predicted octanol–water partition coefficient (Wildman–Crippen LogP) is 3.74. The summed E-state index contributed by atoms with van der Waals surface area (Å²) < 4.78 is 43.6. The first-order valence-corrected chi connectivity index (χ1v) is 10.7. The van der Waals surface area contributed by atoms with E-state index >= 15 is 0 Å². The van der Waals surface area contributed by atoms with Crippen molar-refractivity contribution in [1.82, 2.24) is 10.1 Å². The molecular weight excluding hydrogens is 419 g/mol. The number of carbonyl (C=O) groups excluding carboxylic acids is 1. The van der Waals surface area contributed by atoms with E-state index in [2.05, 4.69) is 5.16 Å². The summed E-state index contributed by atoms with van der Waals surface area (Å²) in [5, 5.41) is 3.65. The van der Waals surface area contributed by atoms with Gasteiger partial charge in [0, 0.05) is 18.7 Å². The minimum atomic E-state index is -3.65. The highest BCUT2D eigenvalue weighted by Gasteiger charge is 2.42. The zero-order chi connectivity index (χ0) is 20.8. The zero-order valence-electron chi connectivity index (χ0n) is 15.3. The van der Waals surface area contributed by atoms with Gasteiger partial charge in [-0.15, -0.1) is 0 Å². The normalized spacial score (nSPS) is 14.7. The first kappa shape index (κ1) is 19.6. The van der Waals surface area contributed by atoms with Crippen molar-refractivity contribution in [2.24, 2.45) is 0 Å². The van der Waals surface area contributed by atoms with E-state index in [1.165, 1.54) is 17.0 Å². The topological polar surface area (TPSA) is 80.5 Å². The number of aryl methyl sites for hydroxylation is 1. The third-order valence-electron chi connectivity index (χ3n) is 4.92. The minimum Gasteiger partial charge on any atom is -0.360 e. The molecule has 0 atom stereocenters. The maximum Gasteiger partial charge on any atom is 0.259 e. The van der Waals surface area contributed by atoms with Gasteiger partial charge in [-0.1, -0.05) is 35.0 Å². The van der Waals surface area contributed by atoms with Crippen LogP contribution in [0.1, 0.15) is 16.1 Å². The van der Waals surface area contributed by atoms with Crippen LogP contribution in [0.5, 0.6) is 0 Å². The van der Waals surface area contributed by atoms with E-state index in [4.69, 9.17) is 16.1 Å². The number of nitrogens with zero attached hydrogens (tertiary/aromatic N) is 2. The Morgan fingerprint density at radius 3 is 2.48 bits per heavy atom. The number of hydrogen-bond acceptors (Lipinski definition) is 5. The molecule has 1 aliphatic heterocycles. The molecule has 3 aromatic rings. The molecule has 29 heavy (non-hydrogen) atoms. The van der Waals surface area contributed by atoms with Gasteiger partial charge >= 0.3 is 0 Å². The zero-order valence-corrected chi connectivity index (χ0v) is 16.9. The molecule has 1 aromatic heterocycles. The van der Waals surface area contributed by atoms with Crippen LogP contribution in [0.2, 0.25) is 5.02 Å². The fourth-order valence-electron chi connectivity index (χ4n) is 3.24. The molecule has 0 N–H and O–H groups in total. The lowest BCUT2D eigenvalue weighted by molar-refractivity contribution is 0.0657. The van der Waals surface area contributed by atoms with Crippen LogP contribution in [0.4, 0.5) is 4.39 Å². The van der Waals surface area contributed by atoms with Gasteiger partial charge in [0.1, 0.15) is 28.1 Å². The van der Waals surface area contributed by atoms with Crippen LogP contribution in [-0.2, 0) is 9.84 Å². The Labute approximate surface area is 171 Å². The Bertz CT molecular complexity index is 1190. The van der Waals surface area contributed by atoms with Crippen molar-refractivity contribution in [3.63, 3.8) is 0 Å². The van der Waals surface area contributed by atoms with E-state index in [0.29, 0.717) is 22.0 Å². The highest BCUT2D eigenvalue weighted by Crippen LogP contribution is 2.33. The van der Waals surface area contributed by atoms with E-state index in [9.17, 15) is 17.6 Å². The smallest absolute Gasteiger partial charge is 0.259 e. The second-order valence-electron chi connectivity index (χ2n) is 6.77. The second kappa shape index (κ2) is 7.27. The lowest BCUT2D eigenvalue weighted by atomic mass is 10.0. The molecule has 6 nitrogen and oxygen atoms in total. The van der Waals surface area contributed by atoms with Gasteiger partial charge in [-0.25, -0.2) is 12.8 Å². The molecule has 1 aliphatic rings. The number of amides is 1. The van der Waals surface area contributed by atoms with Crippen LogP contribution in [0.25, 0.3) is 11.3 Å². The molecule has 1 saturated heterocycles. The average molecular weight is 435 g/mol. The Morgan fingerprint density at radius 2 is 1.83 bits per heavy atom. The van der Waals surface area contributed by atoms with Gasteiger partial charge in [0.15, 0.2) is 9.84 Å². The number of rotatable bonds is 4. The standard InChI is InChI=1S/C20H16ClFN2O4S/c1-12-18(19(23-28-12)16-4-2-3-5-17(16)21)20(25)24-10-15(11-24)29(26,27)14-8-6-13(22)7-9-14/h2-9,15H,10-11H2,1H3. The molecule has 9 heteroatoms. The molecule has 4 rings (SSSR count). The fraction of sp³-hybridized carbons (Fsp3) is 0.200. The molecule has 1 fully saturated rings. The second-order valence-corrected chi connectivity index (χ2v) is 9.41. The van der Waals surface area contributed by atoms with Crippen LogP contribution in [0.15, 0.2) is 57.9 Å².